The zero-order valence-electron chi connectivity index (χ0n) is 21.1. The van der Waals surface area contributed by atoms with Crippen LogP contribution in [-0.4, -0.2) is 62.6 Å². The Kier molecular flexibility index (Phi) is 9.86. The highest BCUT2D eigenvalue weighted by Gasteiger charge is 2.19. The van der Waals surface area contributed by atoms with Crippen molar-refractivity contribution >= 4 is 38.8 Å². The average molecular weight is 556 g/mol. The van der Waals surface area contributed by atoms with Gasteiger partial charge < -0.3 is 24.3 Å². The monoisotopic (exact) mass is 555 g/mol. The van der Waals surface area contributed by atoms with Gasteiger partial charge >= 0.3 is 5.69 Å². The number of hydrogen-bond acceptors (Lipinski definition) is 9. The van der Waals surface area contributed by atoms with Gasteiger partial charge in [0.25, 0.3) is 5.91 Å². The summed E-state index contributed by atoms with van der Waals surface area (Å²) in [4.78, 5) is 27.6. The van der Waals surface area contributed by atoms with Crippen LogP contribution in [0.2, 0.25) is 0 Å². The molecule has 0 aliphatic carbocycles. The molecule has 0 saturated heterocycles. The number of anilines is 1. The molecule has 1 N–H and O–H groups in total. The third-order valence-corrected chi connectivity index (χ3v) is 6.53. The van der Waals surface area contributed by atoms with Gasteiger partial charge in [-0.1, -0.05) is 12.1 Å². The van der Waals surface area contributed by atoms with Crippen molar-refractivity contribution in [3.05, 3.63) is 82.2 Å². The molecule has 0 bridgehead atoms. The van der Waals surface area contributed by atoms with Crippen molar-refractivity contribution in [2.45, 2.75) is 0 Å². The number of para-hydroxylation sites is 1. The first-order chi connectivity index (χ1) is 19.0. The number of fused-ring (bicyclic) bond motifs is 1. The summed E-state index contributed by atoms with van der Waals surface area (Å²) < 4.78 is 36.6. The molecule has 0 aliphatic rings. The third-order valence-electron chi connectivity index (χ3n) is 5.46. The molecule has 4 rings (SSSR count). The van der Waals surface area contributed by atoms with E-state index in [0.29, 0.717) is 44.5 Å². The molecule has 0 unspecified atom stereocenters. The molecule has 0 aliphatic heterocycles. The fourth-order valence-corrected chi connectivity index (χ4v) is 4.55. The van der Waals surface area contributed by atoms with E-state index in [1.807, 2.05) is 24.3 Å². The molecule has 0 radical (unpaired) electrons. The number of nitrogens with one attached hydrogen (secondary N) is 1. The first-order valence-corrected chi connectivity index (χ1v) is 12.8. The van der Waals surface area contributed by atoms with E-state index in [-0.39, 0.29) is 12.2 Å². The number of benzene rings is 3. The zero-order chi connectivity index (χ0) is 27.6. The number of thiazole rings is 1. The van der Waals surface area contributed by atoms with Crippen LogP contribution in [0, 0.1) is 15.9 Å². The van der Waals surface area contributed by atoms with Crippen LogP contribution in [0.5, 0.6) is 5.75 Å². The SMILES string of the molecule is COCCOCCOCCOc1cc(NC(=O)c2ccc(F)c([N+](=O)[O-])c2)ccc1-c1nc2ccccc2s1. The number of methoxy groups -OCH3 is 1. The van der Waals surface area contributed by atoms with Crippen molar-refractivity contribution in [1.29, 1.82) is 0 Å². The Hall–Kier alpha value is -3.97. The summed E-state index contributed by atoms with van der Waals surface area (Å²) in [7, 11) is 1.61. The van der Waals surface area contributed by atoms with E-state index in [1.165, 1.54) is 17.4 Å². The predicted octanol–water partition coefficient (Wildman–Crippen LogP) is 5.32. The second-order valence-electron chi connectivity index (χ2n) is 8.14. The maximum absolute atomic E-state index is 13.7. The molecule has 0 atom stereocenters. The summed E-state index contributed by atoms with van der Waals surface area (Å²) in [5.74, 6) is -1.18. The number of nitro benzene ring substituents is 1. The fraction of sp³-hybridized carbons (Fsp3) is 0.259. The first kappa shape index (κ1) is 28.0. The number of hydrogen-bond donors (Lipinski definition) is 1. The number of amides is 1. The van der Waals surface area contributed by atoms with Gasteiger partial charge in [-0.3, -0.25) is 14.9 Å². The van der Waals surface area contributed by atoms with Crippen molar-refractivity contribution in [3.63, 3.8) is 0 Å². The van der Waals surface area contributed by atoms with Crippen molar-refractivity contribution in [1.82, 2.24) is 4.98 Å². The molecule has 10 nitrogen and oxygen atoms in total. The van der Waals surface area contributed by atoms with Gasteiger partial charge in [0.15, 0.2) is 0 Å². The molecule has 204 valence electrons. The summed E-state index contributed by atoms with van der Waals surface area (Å²) in [5, 5.41) is 14.5. The number of carbonyl (C=O) groups excluding carboxylic acids is 1. The highest BCUT2D eigenvalue weighted by atomic mass is 32.1. The zero-order valence-corrected chi connectivity index (χ0v) is 21.9. The molecule has 1 amide bonds. The van der Waals surface area contributed by atoms with Gasteiger partial charge in [-0.25, -0.2) is 4.98 Å². The minimum atomic E-state index is -1.02. The normalized spacial score (nSPS) is 11.0. The predicted molar refractivity (Wildman–Crippen MR) is 145 cm³/mol. The first-order valence-electron chi connectivity index (χ1n) is 12.0. The van der Waals surface area contributed by atoms with E-state index < -0.39 is 22.3 Å². The Bertz CT molecular complexity index is 1410. The molecule has 39 heavy (non-hydrogen) atoms. The number of nitrogens with zero attached hydrogens (tertiary/aromatic N) is 2. The Morgan fingerprint density at radius 1 is 1.00 bits per heavy atom. The largest absolute Gasteiger partial charge is 0.490 e. The number of rotatable bonds is 14. The molecular weight excluding hydrogens is 529 g/mol. The number of aromatic nitrogens is 1. The lowest BCUT2D eigenvalue weighted by Gasteiger charge is -2.13. The van der Waals surface area contributed by atoms with Crippen LogP contribution < -0.4 is 10.1 Å². The Balaban J connectivity index is 1.49. The van der Waals surface area contributed by atoms with Crippen molar-refractivity contribution in [2.24, 2.45) is 0 Å². The topological polar surface area (TPSA) is 122 Å². The maximum Gasteiger partial charge on any atom is 0.305 e. The quantitative estimate of drug-likeness (QED) is 0.126. The molecule has 1 heterocycles. The standard InChI is InChI=1S/C27H26FN3O7S/c1-35-10-11-36-12-13-37-14-15-38-24-17-19(29-26(32)18-6-9-21(28)23(16-18)31(33)34)7-8-20(24)27-30-22-4-2-3-5-25(22)39-27/h2-9,16-17H,10-15H2,1H3,(H,29,32). The van der Waals surface area contributed by atoms with Crippen LogP contribution >= 0.6 is 11.3 Å². The van der Waals surface area contributed by atoms with Gasteiger partial charge in [-0.05, 0) is 36.4 Å². The Labute approximate surface area is 227 Å². The molecule has 1 aromatic heterocycles. The van der Waals surface area contributed by atoms with E-state index in [2.05, 4.69) is 5.32 Å². The van der Waals surface area contributed by atoms with E-state index in [0.717, 1.165) is 32.9 Å². The second-order valence-corrected chi connectivity index (χ2v) is 9.17. The highest BCUT2D eigenvalue weighted by Crippen LogP contribution is 2.37. The van der Waals surface area contributed by atoms with Crippen molar-refractivity contribution in [3.8, 4) is 16.3 Å². The van der Waals surface area contributed by atoms with Crippen LogP contribution in [0.1, 0.15) is 10.4 Å². The maximum atomic E-state index is 13.7. The van der Waals surface area contributed by atoms with Crippen molar-refractivity contribution < 1.29 is 33.1 Å². The van der Waals surface area contributed by atoms with Crippen LogP contribution in [0.4, 0.5) is 15.8 Å². The van der Waals surface area contributed by atoms with Gasteiger partial charge in [-0.15, -0.1) is 11.3 Å². The molecule has 3 aromatic carbocycles. The van der Waals surface area contributed by atoms with Crippen LogP contribution in [-0.2, 0) is 14.2 Å². The van der Waals surface area contributed by atoms with Crippen LogP contribution in [0.15, 0.2) is 60.7 Å². The fourth-order valence-electron chi connectivity index (χ4n) is 3.56. The average Bonchev–Trinajstić information content (AvgIpc) is 3.36. The minimum absolute atomic E-state index is 0.0538. The summed E-state index contributed by atoms with van der Waals surface area (Å²) in [6.07, 6.45) is 0. The van der Waals surface area contributed by atoms with Gasteiger partial charge in [0.2, 0.25) is 5.82 Å². The third kappa shape index (κ3) is 7.54. The molecular formula is C27H26FN3O7S. The van der Waals surface area contributed by atoms with E-state index >= 15 is 0 Å². The Morgan fingerprint density at radius 2 is 1.74 bits per heavy atom. The molecule has 4 aromatic rings. The van der Waals surface area contributed by atoms with E-state index in [9.17, 15) is 19.3 Å². The number of nitro groups is 1. The number of carbonyl (C=O) groups is 1. The lowest BCUT2D eigenvalue weighted by Crippen LogP contribution is -2.14. The van der Waals surface area contributed by atoms with E-state index in [4.69, 9.17) is 23.9 Å². The van der Waals surface area contributed by atoms with Crippen LogP contribution in [0.25, 0.3) is 20.8 Å². The lowest BCUT2D eigenvalue weighted by molar-refractivity contribution is -0.387. The van der Waals surface area contributed by atoms with Gasteiger partial charge in [0, 0.05) is 30.5 Å². The summed E-state index contributed by atoms with van der Waals surface area (Å²) in [5.41, 5.74) is 1.15. The van der Waals surface area contributed by atoms with Gasteiger partial charge in [0.05, 0.1) is 53.7 Å². The summed E-state index contributed by atoms with van der Waals surface area (Å²) in [6.45, 7) is 2.38. The molecule has 0 fully saturated rings. The lowest BCUT2D eigenvalue weighted by atomic mass is 10.1. The summed E-state index contributed by atoms with van der Waals surface area (Å²) in [6, 6.07) is 15.8. The molecule has 0 saturated carbocycles. The van der Waals surface area contributed by atoms with Crippen LogP contribution in [0.3, 0.4) is 0 Å². The number of halogens is 1. The smallest absolute Gasteiger partial charge is 0.305 e. The van der Waals surface area contributed by atoms with Gasteiger partial charge in [-0.2, -0.15) is 4.39 Å². The van der Waals surface area contributed by atoms with Gasteiger partial charge in [0.1, 0.15) is 17.4 Å². The summed E-state index contributed by atoms with van der Waals surface area (Å²) >= 11 is 1.51. The molecule has 0 spiro atoms. The second kappa shape index (κ2) is 13.7. The minimum Gasteiger partial charge on any atom is -0.490 e. The molecule has 12 heteroatoms. The Morgan fingerprint density at radius 3 is 2.49 bits per heavy atom. The van der Waals surface area contributed by atoms with E-state index in [1.54, 1.807) is 25.3 Å². The highest BCUT2D eigenvalue weighted by molar-refractivity contribution is 7.21. The van der Waals surface area contributed by atoms with Crippen molar-refractivity contribution in [2.75, 3.05) is 52.1 Å². The number of ether oxygens (including phenoxy) is 4.